The van der Waals surface area contributed by atoms with E-state index in [4.69, 9.17) is 0 Å². The first kappa shape index (κ1) is 13.4. The van der Waals surface area contributed by atoms with E-state index in [1.807, 2.05) is 0 Å². The van der Waals surface area contributed by atoms with Gasteiger partial charge in [0.15, 0.2) is 0 Å². The summed E-state index contributed by atoms with van der Waals surface area (Å²) >= 11 is 0. The molecule has 2 fully saturated rings. The fourth-order valence-electron chi connectivity index (χ4n) is 3.79. The number of nitrogens with zero attached hydrogens (tertiary/aromatic N) is 1. The van der Waals surface area contributed by atoms with E-state index in [1.165, 1.54) is 38.5 Å². The maximum atomic E-state index is 3.88. The normalized spacial score (nSPS) is 37.1. The molecule has 0 radical (unpaired) electrons. The summed E-state index contributed by atoms with van der Waals surface area (Å²) in [4.78, 5) is 2.62. The summed E-state index contributed by atoms with van der Waals surface area (Å²) in [6.07, 6.45) is 8.25. The quantitative estimate of drug-likeness (QED) is 0.792. The van der Waals surface area contributed by atoms with E-state index in [9.17, 15) is 0 Å². The van der Waals surface area contributed by atoms with Gasteiger partial charge in [-0.25, -0.2) is 0 Å². The molecule has 2 rings (SSSR count). The lowest BCUT2D eigenvalue weighted by Gasteiger charge is -2.38. The van der Waals surface area contributed by atoms with Crippen LogP contribution in [0.2, 0.25) is 0 Å². The van der Waals surface area contributed by atoms with E-state index in [2.05, 4.69) is 38.0 Å². The Morgan fingerprint density at radius 2 is 1.76 bits per heavy atom. The molecule has 2 aliphatic rings. The highest BCUT2D eigenvalue weighted by Gasteiger charge is 2.38. The Labute approximate surface area is 107 Å². The molecule has 0 amide bonds. The number of piperidine rings is 1. The molecule has 2 nitrogen and oxygen atoms in total. The van der Waals surface area contributed by atoms with Gasteiger partial charge in [0.05, 0.1) is 0 Å². The van der Waals surface area contributed by atoms with Crippen LogP contribution >= 0.6 is 0 Å². The Hall–Kier alpha value is -0.0800. The van der Waals surface area contributed by atoms with Crippen LogP contribution in [0.5, 0.6) is 0 Å². The summed E-state index contributed by atoms with van der Waals surface area (Å²) in [5.41, 5.74) is 0. The average molecular weight is 238 g/mol. The first-order valence-electron chi connectivity index (χ1n) is 7.58. The highest BCUT2D eigenvalue weighted by molar-refractivity contribution is 4.96. The highest BCUT2D eigenvalue weighted by atomic mass is 15.2. The van der Waals surface area contributed by atoms with Crippen LogP contribution in [0, 0.1) is 5.92 Å². The topological polar surface area (TPSA) is 15.3 Å². The molecule has 2 heteroatoms. The third-order valence-electron chi connectivity index (χ3n) is 5.07. The van der Waals surface area contributed by atoms with Crippen LogP contribution in [0.15, 0.2) is 0 Å². The van der Waals surface area contributed by atoms with Gasteiger partial charge in [-0.15, -0.1) is 0 Å². The van der Waals surface area contributed by atoms with Gasteiger partial charge < -0.3 is 10.2 Å². The average Bonchev–Trinajstić information content (AvgIpc) is 2.53. The summed E-state index contributed by atoms with van der Waals surface area (Å²) in [5.74, 6) is 0.862. The van der Waals surface area contributed by atoms with Crippen LogP contribution in [0.25, 0.3) is 0 Å². The molecule has 4 atom stereocenters. The molecule has 2 aliphatic heterocycles. The molecule has 0 aromatic carbocycles. The summed E-state index contributed by atoms with van der Waals surface area (Å²) in [7, 11) is 2.32. The van der Waals surface area contributed by atoms with Crippen LogP contribution in [0.1, 0.15) is 59.3 Å². The fourth-order valence-corrected chi connectivity index (χ4v) is 3.79. The summed E-state index contributed by atoms with van der Waals surface area (Å²) in [6, 6.07) is 3.20. The van der Waals surface area contributed by atoms with Crippen molar-refractivity contribution in [3.63, 3.8) is 0 Å². The van der Waals surface area contributed by atoms with E-state index in [0.29, 0.717) is 6.04 Å². The maximum Gasteiger partial charge on any atom is 0.0111 e. The maximum absolute atomic E-state index is 3.88. The van der Waals surface area contributed by atoms with Crippen molar-refractivity contribution in [3.05, 3.63) is 0 Å². The molecular formula is C15H30N2. The molecule has 2 saturated heterocycles. The van der Waals surface area contributed by atoms with Crippen molar-refractivity contribution in [1.29, 1.82) is 0 Å². The van der Waals surface area contributed by atoms with Gasteiger partial charge in [0, 0.05) is 24.2 Å². The van der Waals surface area contributed by atoms with Gasteiger partial charge >= 0.3 is 0 Å². The minimum atomic E-state index is 0.692. The van der Waals surface area contributed by atoms with Gasteiger partial charge in [-0.3, -0.25) is 0 Å². The van der Waals surface area contributed by atoms with Crippen molar-refractivity contribution in [2.75, 3.05) is 7.05 Å². The van der Waals surface area contributed by atoms with E-state index in [0.717, 1.165) is 24.0 Å². The lowest BCUT2D eigenvalue weighted by atomic mass is 9.95. The van der Waals surface area contributed by atoms with Crippen molar-refractivity contribution in [2.24, 2.45) is 5.92 Å². The molecule has 1 N–H and O–H groups in total. The smallest absolute Gasteiger partial charge is 0.0111 e. The zero-order chi connectivity index (χ0) is 12.4. The van der Waals surface area contributed by atoms with Crippen molar-refractivity contribution >= 4 is 0 Å². The van der Waals surface area contributed by atoms with Gasteiger partial charge in [0.1, 0.15) is 0 Å². The van der Waals surface area contributed by atoms with E-state index >= 15 is 0 Å². The summed E-state index contributed by atoms with van der Waals surface area (Å²) < 4.78 is 0. The van der Waals surface area contributed by atoms with Gasteiger partial charge in [-0.2, -0.15) is 0 Å². The Morgan fingerprint density at radius 3 is 2.29 bits per heavy atom. The molecule has 0 aromatic rings. The lowest BCUT2D eigenvalue weighted by molar-refractivity contribution is 0.142. The van der Waals surface area contributed by atoms with Crippen molar-refractivity contribution < 1.29 is 0 Å². The number of rotatable bonds is 5. The summed E-state index contributed by atoms with van der Waals surface area (Å²) in [6.45, 7) is 7.04. The number of nitrogens with one attached hydrogen (secondary N) is 1. The van der Waals surface area contributed by atoms with Gasteiger partial charge in [-0.05, 0) is 52.0 Å². The molecular weight excluding hydrogens is 208 g/mol. The number of fused-ring (bicyclic) bond motifs is 2. The first-order chi connectivity index (χ1) is 8.10. The molecule has 0 aliphatic carbocycles. The predicted octanol–water partition coefficient (Wildman–Crippen LogP) is 3.03. The number of hydrogen-bond acceptors (Lipinski definition) is 2. The second kappa shape index (κ2) is 5.71. The second-order valence-corrected chi connectivity index (χ2v) is 6.54. The SMILES string of the molecule is CCC(C)CC(C)NC1CC2CCC(C1)N2C. The monoisotopic (exact) mass is 238 g/mol. The largest absolute Gasteiger partial charge is 0.311 e. The van der Waals surface area contributed by atoms with Crippen LogP contribution in [0.4, 0.5) is 0 Å². The Bertz CT molecular complexity index is 227. The summed E-state index contributed by atoms with van der Waals surface area (Å²) in [5, 5.41) is 3.88. The molecule has 17 heavy (non-hydrogen) atoms. The van der Waals surface area contributed by atoms with Crippen molar-refractivity contribution in [1.82, 2.24) is 10.2 Å². The molecule has 2 bridgehead atoms. The molecule has 0 saturated carbocycles. The number of hydrogen-bond donors (Lipinski definition) is 1. The zero-order valence-corrected chi connectivity index (χ0v) is 12.1. The Morgan fingerprint density at radius 1 is 1.18 bits per heavy atom. The second-order valence-electron chi connectivity index (χ2n) is 6.54. The van der Waals surface area contributed by atoms with Gasteiger partial charge in [0.25, 0.3) is 0 Å². The van der Waals surface area contributed by atoms with Gasteiger partial charge in [-0.1, -0.05) is 20.3 Å². The van der Waals surface area contributed by atoms with Crippen LogP contribution < -0.4 is 5.32 Å². The minimum absolute atomic E-state index is 0.692. The van der Waals surface area contributed by atoms with Crippen LogP contribution in [-0.4, -0.2) is 36.1 Å². The van der Waals surface area contributed by atoms with Crippen molar-refractivity contribution in [2.45, 2.75) is 83.5 Å². The van der Waals surface area contributed by atoms with E-state index in [-0.39, 0.29) is 0 Å². The third kappa shape index (κ3) is 3.23. The minimum Gasteiger partial charge on any atom is -0.311 e. The first-order valence-corrected chi connectivity index (χ1v) is 7.58. The zero-order valence-electron chi connectivity index (χ0n) is 12.1. The third-order valence-corrected chi connectivity index (χ3v) is 5.07. The molecule has 100 valence electrons. The molecule has 2 heterocycles. The highest BCUT2D eigenvalue weighted by Crippen LogP contribution is 2.34. The fraction of sp³-hybridized carbons (Fsp3) is 1.00. The van der Waals surface area contributed by atoms with Crippen LogP contribution in [0.3, 0.4) is 0 Å². The Kier molecular flexibility index (Phi) is 4.48. The predicted molar refractivity (Wildman–Crippen MR) is 74.3 cm³/mol. The van der Waals surface area contributed by atoms with Crippen molar-refractivity contribution in [3.8, 4) is 0 Å². The molecule has 0 aromatic heterocycles. The molecule has 0 spiro atoms. The lowest BCUT2D eigenvalue weighted by Crippen LogP contribution is -2.49. The van der Waals surface area contributed by atoms with E-state index in [1.54, 1.807) is 0 Å². The Balaban J connectivity index is 1.77. The van der Waals surface area contributed by atoms with Gasteiger partial charge in [0.2, 0.25) is 0 Å². The standard InChI is InChI=1S/C15H30N2/c1-5-11(2)8-12(3)16-13-9-14-6-7-15(10-13)17(14)4/h11-16H,5-10H2,1-4H3. The van der Waals surface area contributed by atoms with E-state index < -0.39 is 0 Å². The molecule has 4 unspecified atom stereocenters. The van der Waals surface area contributed by atoms with Crippen LogP contribution in [-0.2, 0) is 0 Å².